The summed E-state index contributed by atoms with van der Waals surface area (Å²) in [4.78, 5) is 25.3. The molecule has 31 heavy (non-hydrogen) atoms. The van der Waals surface area contributed by atoms with Crippen molar-refractivity contribution in [1.29, 1.82) is 0 Å². The van der Waals surface area contributed by atoms with Gasteiger partial charge >= 0.3 is 6.01 Å². The lowest BCUT2D eigenvalue weighted by Crippen LogP contribution is -2.42. The van der Waals surface area contributed by atoms with Gasteiger partial charge in [-0.1, -0.05) is 12.1 Å². The van der Waals surface area contributed by atoms with E-state index in [2.05, 4.69) is 20.3 Å². The highest BCUT2D eigenvalue weighted by molar-refractivity contribution is 5.94. The van der Waals surface area contributed by atoms with Gasteiger partial charge in [-0.2, -0.15) is 0 Å². The van der Waals surface area contributed by atoms with E-state index in [1.165, 1.54) is 13.3 Å². The summed E-state index contributed by atoms with van der Waals surface area (Å²) in [5.41, 5.74) is 3.31. The Morgan fingerprint density at radius 2 is 1.94 bits per heavy atom. The molecule has 8 heteroatoms. The van der Waals surface area contributed by atoms with Gasteiger partial charge in [0, 0.05) is 42.2 Å². The summed E-state index contributed by atoms with van der Waals surface area (Å²) in [7, 11) is 1.53. The fraction of sp³-hybridized carbons (Fsp3) is 0.304. The molecule has 0 saturated carbocycles. The number of nitrogens with zero attached hydrogens (tertiary/aromatic N) is 3. The first-order chi connectivity index (χ1) is 15.0. The van der Waals surface area contributed by atoms with E-state index in [9.17, 15) is 4.79 Å². The number of methoxy groups -OCH3 is 1. The Morgan fingerprint density at radius 1 is 1.13 bits per heavy atom. The van der Waals surface area contributed by atoms with Crippen LogP contribution in [-0.4, -0.2) is 46.7 Å². The van der Waals surface area contributed by atoms with Crippen molar-refractivity contribution in [3.05, 3.63) is 60.0 Å². The molecule has 1 amide bonds. The fourth-order valence-electron chi connectivity index (χ4n) is 3.43. The Kier molecular flexibility index (Phi) is 5.97. The van der Waals surface area contributed by atoms with Crippen molar-refractivity contribution >= 4 is 5.91 Å². The maximum Gasteiger partial charge on any atom is 0.316 e. The summed E-state index contributed by atoms with van der Waals surface area (Å²) in [5, 5.41) is 3.04. The zero-order chi connectivity index (χ0) is 21.8. The fourth-order valence-corrected chi connectivity index (χ4v) is 3.43. The molecular weight excluding hydrogens is 396 g/mol. The molecule has 0 radical (unpaired) electrons. The number of carbonyl (C=O) groups is 1. The third-order valence-electron chi connectivity index (χ3n) is 4.84. The number of benzene rings is 1. The van der Waals surface area contributed by atoms with Crippen molar-refractivity contribution in [2.75, 3.05) is 13.7 Å². The molecule has 0 saturated heterocycles. The van der Waals surface area contributed by atoms with Crippen LogP contribution in [0.15, 0.2) is 48.9 Å². The van der Waals surface area contributed by atoms with Crippen LogP contribution in [-0.2, 0) is 6.42 Å². The lowest BCUT2D eigenvalue weighted by molar-refractivity contribution is 0.0915. The van der Waals surface area contributed by atoms with E-state index in [1.54, 1.807) is 24.5 Å². The van der Waals surface area contributed by atoms with Crippen molar-refractivity contribution < 1.29 is 19.0 Å². The van der Waals surface area contributed by atoms with Gasteiger partial charge in [0.05, 0.1) is 24.8 Å². The van der Waals surface area contributed by atoms with Crippen LogP contribution in [0.25, 0.3) is 11.1 Å². The van der Waals surface area contributed by atoms with Crippen molar-refractivity contribution in [2.24, 2.45) is 0 Å². The molecule has 2 aromatic heterocycles. The second-order valence-electron chi connectivity index (χ2n) is 7.48. The highest BCUT2D eigenvalue weighted by Crippen LogP contribution is 2.34. The predicted octanol–water partition coefficient (Wildman–Crippen LogP) is 3.07. The molecule has 1 aliphatic heterocycles. The second kappa shape index (κ2) is 8.99. The van der Waals surface area contributed by atoms with E-state index >= 15 is 0 Å². The predicted molar refractivity (Wildman–Crippen MR) is 114 cm³/mol. The van der Waals surface area contributed by atoms with Crippen LogP contribution in [0.5, 0.6) is 17.6 Å². The van der Waals surface area contributed by atoms with Crippen LogP contribution in [0.2, 0.25) is 0 Å². The number of hydrogen-bond donors (Lipinski definition) is 1. The first-order valence-corrected chi connectivity index (χ1v) is 10.1. The van der Waals surface area contributed by atoms with Gasteiger partial charge in [0.25, 0.3) is 5.91 Å². The van der Waals surface area contributed by atoms with Gasteiger partial charge in [-0.15, -0.1) is 0 Å². The third kappa shape index (κ3) is 4.74. The topological polar surface area (TPSA) is 95.5 Å². The molecule has 3 aromatic rings. The molecule has 0 aliphatic carbocycles. The lowest BCUT2D eigenvalue weighted by Gasteiger charge is -2.28. The van der Waals surface area contributed by atoms with Gasteiger partial charge in [0.15, 0.2) is 0 Å². The summed E-state index contributed by atoms with van der Waals surface area (Å²) in [6.45, 7) is 4.24. The smallest absolute Gasteiger partial charge is 0.316 e. The molecule has 0 unspecified atom stereocenters. The Labute approximate surface area is 180 Å². The normalized spacial score (nSPS) is 15.0. The highest BCUT2D eigenvalue weighted by Gasteiger charge is 2.25. The number of aromatic nitrogens is 3. The van der Waals surface area contributed by atoms with E-state index in [0.717, 1.165) is 22.4 Å². The molecule has 160 valence electrons. The summed E-state index contributed by atoms with van der Waals surface area (Å²) in [5.74, 6) is 1.09. The standard InChI is InChI=1S/C23H24N4O4/c1-14(2)31-21-8-7-15(10-24-21)22(28)27-17-9-19-18(5-4-6-20(19)30-13-17)16-11-25-23(29-3)26-12-16/h4-8,10-12,14,17H,9,13H2,1-3H3,(H,27,28)/t17-/m0/s1. The van der Waals surface area contributed by atoms with Gasteiger partial charge in [0.1, 0.15) is 12.4 Å². The first kappa shape index (κ1) is 20.6. The zero-order valence-electron chi connectivity index (χ0n) is 17.7. The molecule has 4 rings (SSSR count). The molecule has 0 fully saturated rings. The van der Waals surface area contributed by atoms with Gasteiger partial charge < -0.3 is 19.5 Å². The molecule has 1 aromatic carbocycles. The molecule has 0 spiro atoms. The van der Waals surface area contributed by atoms with Crippen molar-refractivity contribution in [1.82, 2.24) is 20.3 Å². The van der Waals surface area contributed by atoms with Gasteiger partial charge in [-0.05, 0) is 31.5 Å². The number of nitrogens with one attached hydrogen (secondary N) is 1. The SMILES string of the molecule is COc1ncc(-c2cccc3c2C[C@H](NC(=O)c2ccc(OC(C)C)nc2)CO3)cn1. The average molecular weight is 420 g/mol. The first-order valence-electron chi connectivity index (χ1n) is 10.1. The molecule has 1 atom stereocenters. The number of amides is 1. The minimum absolute atomic E-state index is 0.0249. The summed E-state index contributed by atoms with van der Waals surface area (Å²) in [6.07, 6.45) is 5.61. The minimum Gasteiger partial charge on any atom is -0.491 e. The monoisotopic (exact) mass is 420 g/mol. The number of ether oxygens (including phenoxy) is 3. The maximum absolute atomic E-state index is 12.7. The van der Waals surface area contributed by atoms with E-state index in [4.69, 9.17) is 14.2 Å². The molecule has 1 N–H and O–H groups in total. The third-order valence-corrected chi connectivity index (χ3v) is 4.84. The highest BCUT2D eigenvalue weighted by atomic mass is 16.5. The van der Waals surface area contributed by atoms with Gasteiger partial charge in [-0.25, -0.2) is 15.0 Å². The van der Waals surface area contributed by atoms with Crippen molar-refractivity contribution in [3.63, 3.8) is 0 Å². The van der Waals surface area contributed by atoms with E-state index < -0.39 is 0 Å². The Bertz CT molecular complexity index is 1050. The Hall–Kier alpha value is -3.68. The number of pyridine rings is 1. The van der Waals surface area contributed by atoms with E-state index in [-0.39, 0.29) is 18.1 Å². The number of rotatable bonds is 6. The summed E-state index contributed by atoms with van der Waals surface area (Å²) < 4.78 is 16.5. The van der Waals surface area contributed by atoms with Crippen LogP contribution in [0.1, 0.15) is 29.8 Å². The summed E-state index contributed by atoms with van der Waals surface area (Å²) >= 11 is 0. The average Bonchev–Trinajstić information content (AvgIpc) is 2.79. The zero-order valence-corrected chi connectivity index (χ0v) is 17.7. The van der Waals surface area contributed by atoms with Crippen LogP contribution in [0.3, 0.4) is 0 Å². The van der Waals surface area contributed by atoms with Crippen molar-refractivity contribution in [3.8, 4) is 28.8 Å². The van der Waals surface area contributed by atoms with Crippen LogP contribution >= 0.6 is 0 Å². The van der Waals surface area contributed by atoms with Crippen LogP contribution in [0, 0.1) is 0 Å². The Morgan fingerprint density at radius 3 is 2.61 bits per heavy atom. The van der Waals surface area contributed by atoms with E-state index in [1.807, 2.05) is 32.0 Å². The largest absolute Gasteiger partial charge is 0.491 e. The maximum atomic E-state index is 12.7. The minimum atomic E-state index is -0.203. The number of hydrogen-bond acceptors (Lipinski definition) is 7. The van der Waals surface area contributed by atoms with Gasteiger partial charge in [-0.3, -0.25) is 4.79 Å². The van der Waals surface area contributed by atoms with E-state index in [0.29, 0.717) is 30.5 Å². The molecule has 0 bridgehead atoms. The molecular formula is C23H24N4O4. The second-order valence-corrected chi connectivity index (χ2v) is 7.48. The van der Waals surface area contributed by atoms with Gasteiger partial charge in [0.2, 0.25) is 5.88 Å². The lowest BCUT2D eigenvalue weighted by atomic mass is 9.94. The molecule has 3 heterocycles. The number of carbonyl (C=O) groups excluding carboxylic acids is 1. The quantitative estimate of drug-likeness (QED) is 0.655. The number of fused-ring (bicyclic) bond motifs is 1. The Balaban J connectivity index is 1.48. The summed E-state index contributed by atoms with van der Waals surface area (Å²) in [6, 6.07) is 9.40. The van der Waals surface area contributed by atoms with Crippen LogP contribution < -0.4 is 19.5 Å². The molecule has 8 nitrogen and oxygen atoms in total. The van der Waals surface area contributed by atoms with Crippen LogP contribution in [0.4, 0.5) is 0 Å². The van der Waals surface area contributed by atoms with Crippen molar-refractivity contribution in [2.45, 2.75) is 32.4 Å². The molecule has 1 aliphatic rings.